The van der Waals surface area contributed by atoms with E-state index in [0.717, 1.165) is 0 Å². The minimum absolute atomic E-state index is 0.127. The highest BCUT2D eigenvalue weighted by Crippen LogP contribution is 2.45. The first kappa shape index (κ1) is 30.4. The zero-order valence-corrected chi connectivity index (χ0v) is 27.6. The van der Waals surface area contributed by atoms with Crippen molar-refractivity contribution in [2.45, 2.75) is 116 Å². The highest BCUT2D eigenvalue weighted by atomic mass is 28.4. The summed E-state index contributed by atoms with van der Waals surface area (Å²) in [4.78, 5) is 27.3. The smallest absolute Gasteiger partial charge is 0.258 e. The summed E-state index contributed by atoms with van der Waals surface area (Å²) in [6.45, 7) is 26.9. The molecule has 0 saturated carbocycles. The van der Waals surface area contributed by atoms with E-state index in [1.165, 1.54) is 0 Å². The largest absolute Gasteiger partial charge is 0.543 e. The van der Waals surface area contributed by atoms with Gasteiger partial charge in [0.1, 0.15) is 11.5 Å². The third kappa shape index (κ3) is 4.94. The normalized spacial score (nSPS) is 14.3. The molecule has 0 bridgehead atoms. The number of hydrogen-bond donors (Lipinski definition) is 0. The topological polar surface area (TPSA) is 52.6 Å². The summed E-state index contributed by atoms with van der Waals surface area (Å²) in [7, 11) is -4.38. The molecule has 0 aliphatic heterocycles. The van der Waals surface area contributed by atoms with Crippen molar-refractivity contribution in [1.29, 1.82) is 0 Å². The highest BCUT2D eigenvalue weighted by molar-refractivity contribution is 6.78. The van der Waals surface area contributed by atoms with E-state index < -0.39 is 16.6 Å². The van der Waals surface area contributed by atoms with Crippen LogP contribution in [0.3, 0.4) is 0 Å². The Bertz CT molecular complexity index is 1060. The molecule has 0 saturated heterocycles. The third-order valence-corrected chi connectivity index (χ3v) is 21.0. The molecule has 0 spiro atoms. The second kappa shape index (κ2) is 11.1. The summed E-state index contributed by atoms with van der Waals surface area (Å²) in [5.41, 5.74) is 4.21. The molecule has 0 unspecified atom stereocenters. The summed E-state index contributed by atoms with van der Waals surface area (Å²) in [6, 6.07) is 10.9. The molecule has 0 fully saturated rings. The molecule has 0 atom stereocenters. The molecule has 208 valence electrons. The number of fused-ring (bicyclic) bond motifs is 2. The van der Waals surface area contributed by atoms with Crippen molar-refractivity contribution in [2.75, 3.05) is 0 Å². The van der Waals surface area contributed by atoms with Gasteiger partial charge in [0, 0.05) is 22.3 Å². The standard InChI is InChI=1S/C32H48O4Si2/c1-19(2)37(20(3)4,21(5)6)35-25-13-15-27-29(17-25)31(33)28-16-14-26(18-30(28)32(27)34)36-38(22(7)8,23(9)10)24(11)12/h13-24H,1-12H3. The van der Waals surface area contributed by atoms with Crippen LogP contribution >= 0.6 is 0 Å². The van der Waals surface area contributed by atoms with Crippen molar-refractivity contribution < 1.29 is 18.4 Å². The first-order chi connectivity index (χ1) is 17.6. The summed E-state index contributed by atoms with van der Waals surface area (Å²) in [6.07, 6.45) is 0. The first-order valence-electron chi connectivity index (χ1n) is 14.4. The second-order valence-corrected chi connectivity index (χ2v) is 23.7. The number of ketones is 2. The van der Waals surface area contributed by atoms with Crippen molar-refractivity contribution in [3.05, 3.63) is 58.7 Å². The van der Waals surface area contributed by atoms with Crippen LogP contribution in [-0.4, -0.2) is 28.2 Å². The Balaban J connectivity index is 2.03. The fourth-order valence-corrected chi connectivity index (χ4v) is 17.8. The Morgan fingerprint density at radius 3 is 0.947 bits per heavy atom. The van der Waals surface area contributed by atoms with Crippen LogP contribution in [0.4, 0.5) is 0 Å². The molecule has 0 amide bonds. The molecular formula is C32H48O4Si2. The predicted molar refractivity (Wildman–Crippen MR) is 163 cm³/mol. The van der Waals surface area contributed by atoms with Crippen LogP contribution in [0.2, 0.25) is 33.2 Å². The Morgan fingerprint density at radius 1 is 0.447 bits per heavy atom. The molecule has 6 heteroatoms. The molecular weight excluding hydrogens is 505 g/mol. The molecule has 2 aromatic rings. The molecule has 0 radical (unpaired) electrons. The van der Waals surface area contributed by atoms with E-state index in [2.05, 4.69) is 83.1 Å². The lowest BCUT2D eigenvalue weighted by Gasteiger charge is -2.42. The molecule has 1 aliphatic carbocycles. The molecule has 3 rings (SSSR count). The van der Waals surface area contributed by atoms with Gasteiger partial charge in [-0.05, 0) is 69.6 Å². The summed E-state index contributed by atoms with van der Waals surface area (Å²) in [5, 5.41) is 0. The maximum atomic E-state index is 13.7. The fourth-order valence-electron chi connectivity index (χ4n) is 7.35. The van der Waals surface area contributed by atoms with Gasteiger partial charge in [0.15, 0.2) is 11.6 Å². The van der Waals surface area contributed by atoms with Crippen molar-refractivity contribution in [3.8, 4) is 11.5 Å². The quantitative estimate of drug-likeness (QED) is 0.235. The lowest BCUT2D eigenvalue weighted by Crippen LogP contribution is -2.50. The number of benzene rings is 2. The zero-order valence-electron chi connectivity index (χ0n) is 25.6. The van der Waals surface area contributed by atoms with E-state index in [0.29, 0.717) is 67.0 Å². The van der Waals surface area contributed by atoms with E-state index in [4.69, 9.17) is 8.85 Å². The molecule has 4 nitrogen and oxygen atoms in total. The van der Waals surface area contributed by atoms with Gasteiger partial charge in [-0.1, -0.05) is 83.1 Å². The maximum Gasteiger partial charge on any atom is 0.258 e. The molecule has 2 aromatic carbocycles. The van der Waals surface area contributed by atoms with Gasteiger partial charge in [-0.3, -0.25) is 9.59 Å². The average molecular weight is 553 g/mol. The lowest BCUT2D eigenvalue weighted by atomic mass is 9.84. The maximum absolute atomic E-state index is 13.7. The van der Waals surface area contributed by atoms with Gasteiger partial charge >= 0.3 is 0 Å². The van der Waals surface area contributed by atoms with Gasteiger partial charge in [-0.2, -0.15) is 0 Å². The molecule has 0 aromatic heterocycles. The summed E-state index contributed by atoms with van der Waals surface area (Å²) >= 11 is 0. The number of carbonyl (C=O) groups excluding carboxylic acids is 2. The van der Waals surface area contributed by atoms with Gasteiger partial charge in [-0.25, -0.2) is 0 Å². The Labute approximate surface area is 232 Å². The van der Waals surface area contributed by atoms with Crippen molar-refractivity contribution in [3.63, 3.8) is 0 Å². The Hall–Kier alpha value is -2.19. The van der Waals surface area contributed by atoms with E-state index in [9.17, 15) is 9.59 Å². The van der Waals surface area contributed by atoms with Crippen LogP contribution in [0.15, 0.2) is 36.4 Å². The number of rotatable bonds is 10. The van der Waals surface area contributed by atoms with Crippen LogP contribution in [-0.2, 0) is 0 Å². The van der Waals surface area contributed by atoms with Crippen LogP contribution in [0, 0.1) is 0 Å². The summed E-state index contributed by atoms with van der Waals surface area (Å²) < 4.78 is 13.7. The van der Waals surface area contributed by atoms with Crippen molar-refractivity contribution in [1.82, 2.24) is 0 Å². The van der Waals surface area contributed by atoms with Gasteiger partial charge < -0.3 is 8.85 Å². The Kier molecular flexibility index (Phi) is 8.89. The van der Waals surface area contributed by atoms with Crippen LogP contribution in [0.1, 0.15) is 115 Å². The minimum Gasteiger partial charge on any atom is -0.543 e. The van der Waals surface area contributed by atoms with Gasteiger partial charge in [-0.15, -0.1) is 0 Å². The van der Waals surface area contributed by atoms with E-state index >= 15 is 0 Å². The third-order valence-electron chi connectivity index (χ3n) is 8.96. The lowest BCUT2D eigenvalue weighted by molar-refractivity contribution is 0.0978. The van der Waals surface area contributed by atoms with E-state index in [1.54, 1.807) is 24.3 Å². The number of carbonyl (C=O) groups is 2. The molecule has 38 heavy (non-hydrogen) atoms. The first-order valence-corrected chi connectivity index (χ1v) is 18.6. The van der Waals surface area contributed by atoms with E-state index in [1.807, 2.05) is 12.1 Å². The highest BCUT2D eigenvalue weighted by Gasteiger charge is 2.48. The van der Waals surface area contributed by atoms with Crippen molar-refractivity contribution >= 4 is 28.2 Å². The minimum atomic E-state index is -2.19. The molecule has 0 N–H and O–H groups in total. The van der Waals surface area contributed by atoms with E-state index in [-0.39, 0.29) is 11.6 Å². The number of hydrogen-bond acceptors (Lipinski definition) is 4. The zero-order chi connectivity index (χ0) is 28.7. The van der Waals surface area contributed by atoms with Gasteiger partial charge in [0.05, 0.1) is 0 Å². The van der Waals surface area contributed by atoms with Crippen LogP contribution < -0.4 is 8.85 Å². The monoisotopic (exact) mass is 552 g/mol. The van der Waals surface area contributed by atoms with Gasteiger partial charge in [0.2, 0.25) is 0 Å². The predicted octanol–water partition coefficient (Wildman–Crippen LogP) is 9.57. The van der Waals surface area contributed by atoms with Crippen LogP contribution in [0.5, 0.6) is 11.5 Å². The van der Waals surface area contributed by atoms with Gasteiger partial charge in [0.25, 0.3) is 16.6 Å². The Morgan fingerprint density at radius 2 is 0.711 bits per heavy atom. The van der Waals surface area contributed by atoms with Crippen LogP contribution in [0.25, 0.3) is 0 Å². The molecule has 1 aliphatic rings. The SMILES string of the molecule is CC(C)[Si](Oc1ccc2c(c1)C(=O)c1ccc(O[Si](C(C)C)(C(C)C)C(C)C)cc1C2=O)(C(C)C)C(C)C. The average Bonchev–Trinajstić information content (AvgIpc) is 2.82. The molecule has 0 heterocycles. The fraction of sp³-hybridized carbons (Fsp3) is 0.562. The van der Waals surface area contributed by atoms with Crippen molar-refractivity contribution in [2.24, 2.45) is 0 Å². The summed E-state index contributed by atoms with van der Waals surface area (Å²) in [5.74, 6) is 1.13. The second-order valence-electron chi connectivity index (χ2n) is 12.9.